The monoisotopic (exact) mass is 350 g/mol. The van der Waals surface area contributed by atoms with Gasteiger partial charge in [-0.1, -0.05) is 13.8 Å². The number of hydrogen-bond donors (Lipinski definition) is 2. The van der Waals surface area contributed by atoms with Gasteiger partial charge in [0.25, 0.3) is 5.91 Å². The van der Waals surface area contributed by atoms with Crippen LogP contribution in [0.15, 0.2) is 52.0 Å². The molecule has 1 amide bonds. The average Bonchev–Trinajstić information content (AvgIpc) is 3.05. The summed E-state index contributed by atoms with van der Waals surface area (Å²) in [5.74, 6) is 0.785. The molecule has 0 fully saturated rings. The van der Waals surface area contributed by atoms with Crippen LogP contribution in [0, 0.1) is 5.92 Å². The van der Waals surface area contributed by atoms with E-state index in [4.69, 9.17) is 4.42 Å². The van der Waals surface area contributed by atoms with Gasteiger partial charge in [-0.25, -0.2) is 13.1 Å². The summed E-state index contributed by atoms with van der Waals surface area (Å²) in [5.41, 5.74) is 0.391. The van der Waals surface area contributed by atoms with Gasteiger partial charge in [-0.15, -0.1) is 0 Å². The normalized spacial score (nSPS) is 11.6. The summed E-state index contributed by atoms with van der Waals surface area (Å²) < 4.78 is 32.0. The zero-order valence-corrected chi connectivity index (χ0v) is 14.6. The highest BCUT2D eigenvalue weighted by atomic mass is 32.2. The summed E-state index contributed by atoms with van der Waals surface area (Å²) in [7, 11) is -3.54. The molecule has 0 atom stereocenters. The van der Waals surface area contributed by atoms with Crippen LogP contribution in [-0.2, 0) is 16.6 Å². The van der Waals surface area contributed by atoms with E-state index in [1.807, 2.05) is 13.8 Å². The lowest BCUT2D eigenvalue weighted by molar-refractivity contribution is 0.0948. The number of hydrogen-bond acceptors (Lipinski definition) is 4. The molecule has 0 saturated carbocycles. The van der Waals surface area contributed by atoms with Crippen molar-refractivity contribution in [2.24, 2.45) is 5.92 Å². The fourth-order valence-electron chi connectivity index (χ4n) is 2.03. The van der Waals surface area contributed by atoms with E-state index in [1.165, 1.54) is 30.5 Å². The number of carbonyl (C=O) groups excluding carboxylic acids is 1. The Morgan fingerprint density at radius 3 is 2.46 bits per heavy atom. The van der Waals surface area contributed by atoms with E-state index in [9.17, 15) is 13.2 Å². The first-order valence-corrected chi connectivity index (χ1v) is 9.27. The van der Waals surface area contributed by atoms with Crippen LogP contribution < -0.4 is 10.0 Å². The molecular formula is C17H22N2O4S. The zero-order chi connectivity index (χ0) is 17.6. The van der Waals surface area contributed by atoms with Gasteiger partial charge in [0.1, 0.15) is 5.76 Å². The molecule has 1 heterocycles. The van der Waals surface area contributed by atoms with Crippen molar-refractivity contribution >= 4 is 15.9 Å². The van der Waals surface area contributed by atoms with Gasteiger partial charge in [0.2, 0.25) is 10.0 Å². The Morgan fingerprint density at radius 1 is 1.17 bits per heavy atom. The van der Waals surface area contributed by atoms with Gasteiger partial charge in [-0.05, 0) is 48.7 Å². The summed E-state index contributed by atoms with van der Waals surface area (Å²) in [4.78, 5) is 12.2. The van der Waals surface area contributed by atoms with Gasteiger partial charge in [-0.3, -0.25) is 4.79 Å². The van der Waals surface area contributed by atoms with Crippen molar-refractivity contribution in [3.8, 4) is 0 Å². The van der Waals surface area contributed by atoms with Crippen molar-refractivity contribution in [2.75, 3.05) is 6.54 Å². The summed E-state index contributed by atoms with van der Waals surface area (Å²) in [5, 5.41) is 2.71. The minimum absolute atomic E-state index is 0.147. The lowest BCUT2D eigenvalue weighted by atomic mass is 10.1. The van der Waals surface area contributed by atoms with Gasteiger partial charge in [0.15, 0.2) is 0 Å². The van der Waals surface area contributed by atoms with E-state index in [0.29, 0.717) is 23.8 Å². The molecule has 130 valence electrons. The fourth-order valence-corrected chi connectivity index (χ4v) is 3.08. The van der Waals surface area contributed by atoms with Gasteiger partial charge < -0.3 is 9.73 Å². The number of sulfonamides is 1. The predicted molar refractivity (Wildman–Crippen MR) is 91.0 cm³/mol. The minimum Gasteiger partial charge on any atom is -0.467 e. The predicted octanol–water partition coefficient (Wildman–Crippen LogP) is 2.53. The third-order valence-electron chi connectivity index (χ3n) is 3.44. The molecule has 2 aromatic rings. The van der Waals surface area contributed by atoms with Gasteiger partial charge in [0, 0.05) is 12.1 Å². The third-order valence-corrected chi connectivity index (χ3v) is 4.92. The number of furan rings is 1. The molecule has 0 spiro atoms. The molecule has 0 bridgehead atoms. The minimum atomic E-state index is -3.54. The SMILES string of the molecule is CC(C)CCNS(=O)(=O)c1ccc(C(=O)NCc2ccco2)cc1. The second-order valence-electron chi connectivity index (χ2n) is 5.87. The Morgan fingerprint density at radius 2 is 1.88 bits per heavy atom. The number of benzene rings is 1. The van der Waals surface area contributed by atoms with Crippen molar-refractivity contribution < 1.29 is 17.6 Å². The van der Waals surface area contributed by atoms with E-state index in [-0.39, 0.29) is 17.3 Å². The molecule has 0 saturated heterocycles. The highest BCUT2D eigenvalue weighted by Gasteiger charge is 2.14. The van der Waals surface area contributed by atoms with Crippen LogP contribution in [0.5, 0.6) is 0 Å². The highest BCUT2D eigenvalue weighted by molar-refractivity contribution is 7.89. The molecular weight excluding hydrogens is 328 g/mol. The Labute approximate surface area is 142 Å². The van der Waals surface area contributed by atoms with E-state index < -0.39 is 10.0 Å². The second kappa shape index (κ2) is 8.12. The Balaban J connectivity index is 1.95. The molecule has 0 aliphatic heterocycles. The molecule has 1 aromatic carbocycles. The van der Waals surface area contributed by atoms with E-state index in [1.54, 1.807) is 12.1 Å². The molecule has 1 aromatic heterocycles. The molecule has 7 heteroatoms. The van der Waals surface area contributed by atoms with E-state index >= 15 is 0 Å². The van der Waals surface area contributed by atoms with Crippen LogP contribution in [-0.4, -0.2) is 20.9 Å². The summed E-state index contributed by atoms with van der Waals surface area (Å²) in [6.45, 7) is 4.74. The van der Waals surface area contributed by atoms with Crippen molar-refractivity contribution in [1.82, 2.24) is 10.0 Å². The second-order valence-corrected chi connectivity index (χ2v) is 7.63. The van der Waals surface area contributed by atoms with Crippen molar-refractivity contribution in [3.05, 3.63) is 54.0 Å². The quantitative estimate of drug-likeness (QED) is 0.766. The van der Waals surface area contributed by atoms with Crippen molar-refractivity contribution in [1.29, 1.82) is 0 Å². The van der Waals surface area contributed by atoms with Crippen LogP contribution in [0.4, 0.5) is 0 Å². The molecule has 6 nitrogen and oxygen atoms in total. The van der Waals surface area contributed by atoms with Crippen LogP contribution in [0.25, 0.3) is 0 Å². The summed E-state index contributed by atoms with van der Waals surface area (Å²) in [6, 6.07) is 9.36. The first kappa shape index (κ1) is 18.2. The largest absolute Gasteiger partial charge is 0.467 e. The third kappa shape index (κ3) is 5.21. The van der Waals surface area contributed by atoms with Crippen LogP contribution in [0.2, 0.25) is 0 Å². The molecule has 0 aliphatic rings. The summed E-state index contributed by atoms with van der Waals surface area (Å²) >= 11 is 0. The Bertz CT molecular complexity index is 750. The van der Waals surface area contributed by atoms with Crippen molar-refractivity contribution in [3.63, 3.8) is 0 Å². The van der Waals surface area contributed by atoms with Gasteiger partial charge in [0.05, 0.1) is 17.7 Å². The van der Waals surface area contributed by atoms with E-state index in [0.717, 1.165) is 6.42 Å². The molecule has 0 unspecified atom stereocenters. The molecule has 0 radical (unpaired) electrons. The molecule has 2 N–H and O–H groups in total. The maximum atomic E-state index is 12.2. The average molecular weight is 350 g/mol. The van der Waals surface area contributed by atoms with Gasteiger partial charge in [-0.2, -0.15) is 0 Å². The van der Waals surface area contributed by atoms with Crippen LogP contribution in [0.3, 0.4) is 0 Å². The fraction of sp³-hybridized carbons (Fsp3) is 0.353. The van der Waals surface area contributed by atoms with Crippen molar-refractivity contribution in [2.45, 2.75) is 31.7 Å². The number of amides is 1. The first-order valence-electron chi connectivity index (χ1n) is 7.79. The number of nitrogens with one attached hydrogen (secondary N) is 2. The summed E-state index contributed by atoms with van der Waals surface area (Å²) in [6.07, 6.45) is 2.31. The first-order chi connectivity index (χ1) is 11.4. The number of carbonyl (C=O) groups is 1. The maximum absolute atomic E-state index is 12.2. The standard InChI is InChI=1S/C17H22N2O4S/c1-13(2)9-10-19-24(21,22)16-7-5-14(6-8-16)17(20)18-12-15-4-3-11-23-15/h3-8,11,13,19H,9-10,12H2,1-2H3,(H,18,20). The van der Waals surface area contributed by atoms with Crippen LogP contribution in [0.1, 0.15) is 36.4 Å². The highest BCUT2D eigenvalue weighted by Crippen LogP contribution is 2.11. The Hall–Kier alpha value is -2.12. The Kier molecular flexibility index (Phi) is 6.16. The topological polar surface area (TPSA) is 88.4 Å². The van der Waals surface area contributed by atoms with Crippen LogP contribution >= 0.6 is 0 Å². The van der Waals surface area contributed by atoms with E-state index in [2.05, 4.69) is 10.0 Å². The maximum Gasteiger partial charge on any atom is 0.251 e. The number of rotatable bonds is 8. The smallest absolute Gasteiger partial charge is 0.251 e. The molecule has 24 heavy (non-hydrogen) atoms. The molecule has 2 rings (SSSR count). The molecule has 0 aliphatic carbocycles. The lowest BCUT2D eigenvalue weighted by Gasteiger charge is -2.09. The lowest BCUT2D eigenvalue weighted by Crippen LogP contribution is -2.26. The van der Waals surface area contributed by atoms with Gasteiger partial charge >= 0.3 is 0 Å². The zero-order valence-electron chi connectivity index (χ0n) is 13.8.